The molecule has 0 aliphatic rings. The molecular weight excluding hydrogens is 196 g/mol. The first-order valence-electron chi connectivity index (χ1n) is 6.92. The van der Waals surface area contributed by atoms with Gasteiger partial charge in [0.1, 0.15) is 0 Å². The van der Waals surface area contributed by atoms with Crippen LogP contribution in [0.3, 0.4) is 0 Å². The Balaban J connectivity index is 2.93. The van der Waals surface area contributed by atoms with E-state index in [0.717, 1.165) is 0 Å². The Kier molecular flexibility index (Phi) is 11.3. The summed E-state index contributed by atoms with van der Waals surface area (Å²) in [6.45, 7) is 2.51. The lowest BCUT2D eigenvalue weighted by molar-refractivity contribution is 0.384. The minimum Gasteiger partial charge on any atom is -0.309 e. The predicted octanol–water partition coefficient (Wildman–Crippen LogP) is 3.23. The maximum absolute atomic E-state index is 2.28. The summed E-state index contributed by atoms with van der Waals surface area (Å²) in [6.07, 6.45) is 11.3. The van der Waals surface area contributed by atoms with Gasteiger partial charge >= 0.3 is 0 Å². The molecule has 0 bridgehead atoms. The van der Waals surface area contributed by atoms with E-state index >= 15 is 0 Å². The van der Waals surface area contributed by atoms with Crippen LogP contribution in [-0.4, -0.2) is 51.1 Å². The van der Waals surface area contributed by atoms with E-state index in [1.807, 2.05) is 0 Å². The summed E-state index contributed by atoms with van der Waals surface area (Å²) >= 11 is 0. The minimum atomic E-state index is 1.25. The lowest BCUT2D eigenvalue weighted by atomic mass is 10.1. The molecule has 0 heterocycles. The zero-order chi connectivity index (χ0) is 12.2. The van der Waals surface area contributed by atoms with Crippen LogP contribution in [0.1, 0.15) is 51.4 Å². The molecule has 0 aromatic carbocycles. The Labute approximate surface area is 103 Å². The minimum absolute atomic E-state index is 1.25. The Bertz CT molecular complexity index is 117. The molecule has 0 aromatic rings. The van der Waals surface area contributed by atoms with E-state index < -0.39 is 0 Å². The number of hydrogen-bond donors (Lipinski definition) is 0. The summed E-state index contributed by atoms with van der Waals surface area (Å²) in [5, 5.41) is 0. The third kappa shape index (κ3) is 13.9. The van der Waals surface area contributed by atoms with E-state index in [0.29, 0.717) is 0 Å². The fraction of sp³-hybridized carbons (Fsp3) is 1.00. The third-order valence-corrected chi connectivity index (χ3v) is 2.96. The summed E-state index contributed by atoms with van der Waals surface area (Å²) in [4.78, 5) is 4.56. The van der Waals surface area contributed by atoms with E-state index in [4.69, 9.17) is 0 Å². The van der Waals surface area contributed by atoms with Crippen molar-refractivity contribution in [2.24, 2.45) is 0 Å². The first-order chi connectivity index (χ1) is 7.63. The Morgan fingerprint density at radius 3 is 0.938 bits per heavy atom. The molecule has 0 atom stereocenters. The van der Waals surface area contributed by atoms with Gasteiger partial charge in [0.25, 0.3) is 0 Å². The molecule has 0 fully saturated rings. The van der Waals surface area contributed by atoms with Gasteiger partial charge in [-0.25, -0.2) is 0 Å². The van der Waals surface area contributed by atoms with Gasteiger partial charge in [0.2, 0.25) is 0 Å². The highest BCUT2D eigenvalue weighted by molar-refractivity contribution is 4.50. The molecule has 0 rings (SSSR count). The first kappa shape index (κ1) is 15.9. The highest BCUT2D eigenvalue weighted by Gasteiger charge is 1.94. The zero-order valence-corrected chi connectivity index (χ0v) is 12.0. The number of unbranched alkanes of at least 4 members (excludes halogenated alkanes) is 7. The van der Waals surface area contributed by atoms with E-state index in [1.54, 1.807) is 0 Å². The third-order valence-electron chi connectivity index (χ3n) is 2.96. The second-order valence-electron chi connectivity index (χ2n) is 5.43. The molecule has 0 saturated heterocycles. The maximum atomic E-state index is 2.28. The van der Waals surface area contributed by atoms with Crippen LogP contribution in [0.5, 0.6) is 0 Å². The van der Waals surface area contributed by atoms with Crippen molar-refractivity contribution in [3.8, 4) is 0 Å². The van der Waals surface area contributed by atoms with Crippen LogP contribution in [0.15, 0.2) is 0 Å². The number of hydrogen-bond acceptors (Lipinski definition) is 2. The van der Waals surface area contributed by atoms with Crippen molar-refractivity contribution in [1.29, 1.82) is 0 Å². The smallest absolute Gasteiger partial charge is 0.00248 e. The normalized spacial score (nSPS) is 11.6. The summed E-state index contributed by atoms with van der Waals surface area (Å²) < 4.78 is 0. The molecule has 0 amide bonds. The molecule has 0 aliphatic heterocycles. The van der Waals surface area contributed by atoms with Gasteiger partial charge in [-0.15, -0.1) is 0 Å². The summed E-state index contributed by atoms with van der Waals surface area (Å²) in [5.41, 5.74) is 0. The van der Waals surface area contributed by atoms with E-state index in [-0.39, 0.29) is 0 Å². The maximum Gasteiger partial charge on any atom is -0.00248 e. The van der Waals surface area contributed by atoms with Crippen molar-refractivity contribution >= 4 is 0 Å². The first-order valence-corrected chi connectivity index (χ1v) is 6.92. The summed E-state index contributed by atoms with van der Waals surface area (Å²) in [7, 11) is 8.63. The van der Waals surface area contributed by atoms with Crippen molar-refractivity contribution in [1.82, 2.24) is 9.80 Å². The van der Waals surface area contributed by atoms with E-state index in [2.05, 4.69) is 38.0 Å². The fourth-order valence-corrected chi connectivity index (χ4v) is 1.92. The molecule has 0 saturated carbocycles. The van der Waals surface area contributed by atoms with Gasteiger partial charge < -0.3 is 9.80 Å². The monoisotopic (exact) mass is 228 g/mol. The van der Waals surface area contributed by atoms with Crippen molar-refractivity contribution in [3.05, 3.63) is 0 Å². The molecule has 0 aromatic heterocycles. The van der Waals surface area contributed by atoms with Gasteiger partial charge in [0.15, 0.2) is 0 Å². The molecule has 16 heavy (non-hydrogen) atoms. The van der Waals surface area contributed by atoms with Crippen LogP contribution in [-0.2, 0) is 0 Å². The molecule has 0 aliphatic carbocycles. The van der Waals surface area contributed by atoms with Gasteiger partial charge in [0, 0.05) is 0 Å². The van der Waals surface area contributed by atoms with Crippen molar-refractivity contribution in [2.75, 3.05) is 41.3 Å². The van der Waals surface area contributed by atoms with Crippen LogP contribution in [0, 0.1) is 0 Å². The average Bonchev–Trinajstić information content (AvgIpc) is 2.20. The van der Waals surface area contributed by atoms with Gasteiger partial charge in [-0.3, -0.25) is 0 Å². The molecule has 0 N–H and O–H groups in total. The number of nitrogens with zero attached hydrogens (tertiary/aromatic N) is 2. The van der Waals surface area contributed by atoms with Gasteiger partial charge in [-0.1, -0.05) is 38.5 Å². The van der Waals surface area contributed by atoms with Crippen LogP contribution in [0.4, 0.5) is 0 Å². The average molecular weight is 228 g/mol. The highest BCUT2D eigenvalue weighted by atomic mass is 15.0. The van der Waals surface area contributed by atoms with Crippen LogP contribution in [0.2, 0.25) is 0 Å². The second kappa shape index (κ2) is 11.4. The molecule has 98 valence electrons. The Morgan fingerprint density at radius 2 is 0.688 bits per heavy atom. The topological polar surface area (TPSA) is 6.48 Å². The molecule has 0 unspecified atom stereocenters. The second-order valence-corrected chi connectivity index (χ2v) is 5.43. The molecule has 2 nitrogen and oxygen atoms in total. The zero-order valence-electron chi connectivity index (χ0n) is 12.0. The lowest BCUT2D eigenvalue weighted by Crippen LogP contribution is -2.12. The molecular formula is C14H32N2. The lowest BCUT2D eigenvalue weighted by Gasteiger charge is -2.09. The van der Waals surface area contributed by atoms with Gasteiger partial charge in [-0.2, -0.15) is 0 Å². The van der Waals surface area contributed by atoms with Crippen molar-refractivity contribution in [2.45, 2.75) is 51.4 Å². The largest absolute Gasteiger partial charge is 0.309 e. The van der Waals surface area contributed by atoms with E-state index in [9.17, 15) is 0 Å². The summed E-state index contributed by atoms with van der Waals surface area (Å²) in [6, 6.07) is 0. The van der Waals surface area contributed by atoms with Crippen molar-refractivity contribution in [3.63, 3.8) is 0 Å². The molecule has 2 heteroatoms. The quantitative estimate of drug-likeness (QED) is 0.501. The van der Waals surface area contributed by atoms with Crippen molar-refractivity contribution < 1.29 is 0 Å². The van der Waals surface area contributed by atoms with Crippen LogP contribution >= 0.6 is 0 Å². The van der Waals surface area contributed by atoms with Gasteiger partial charge in [-0.05, 0) is 54.1 Å². The van der Waals surface area contributed by atoms with E-state index in [1.165, 1.54) is 64.5 Å². The van der Waals surface area contributed by atoms with Crippen LogP contribution < -0.4 is 0 Å². The molecule has 0 spiro atoms. The SMILES string of the molecule is CN(C)CCCCCCCCCCN(C)C. The Hall–Kier alpha value is -0.0800. The van der Waals surface area contributed by atoms with Gasteiger partial charge in [0.05, 0.1) is 0 Å². The fourth-order valence-electron chi connectivity index (χ4n) is 1.92. The highest BCUT2D eigenvalue weighted by Crippen LogP contribution is 2.08. The summed E-state index contributed by atoms with van der Waals surface area (Å²) in [5.74, 6) is 0. The van der Waals surface area contributed by atoms with Crippen LogP contribution in [0.25, 0.3) is 0 Å². The predicted molar refractivity (Wildman–Crippen MR) is 74.0 cm³/mol. The Morgan fingerprint density at radius 1 is 0.438 bits per heavy atom. The molecule has 0 radical (unpaired) electrons. The number of rotatable bonds is 11. The standard InChI is InChI=1S/C14H32N2/c1-15(2)13-11-9-7-5-6-8-10-12-14-16(3)4/h5-14H2,1-4H3.